The molecule has 0 amide bonds. The molecule has 4 nitrogen and oxygen atoms in total. The minimum atomic E-state index is -0.282. The molecule has 0 radical (unpaired) electrons. The van der Waals surface area contributed by atoms with Gasteiger partial charge in [-0.2, -0.15) is 0 Å². The molecule has 5 rings (SSSR count). The van der Waals surface area contributed by atoms with Crippen LogP contribution in [0.25, 0.3) is 20.8 Å². The van der Waals surface area contributed by atoms with Crippen molar-refractivity contribution in [2.75, 3.05) is 11.9 Å². The van der Waals surface area contributed by atoms with Gasteiger partial charge in [-0.1, -0.05) is 29.8 Å². The summed E-state index contributed by atoms with van der Waals surface area (Å²) in [6.07, 6.45) is 0. The van der Waals surface area contributed by atoms with Gasteiger partial charge in [0.2, 0.25) is 0 Å². The van der Waals surface area contributed by atoms with Gasteiger partial charge in [0.15, 0.2) is 11.5 Å². The van der Waals surface area contributed by atoms with Crippen molar-refractivity contribution in [1.82, 2.24) is 4.98 Å². The van der Waals surface area contributed by atoms with E-state index in [1.807, 2.05) is 19.1 Å². The van der Waals surface area contributed by atoms with Crippen LogP contribution >= 0.6 is 22.9 Å². The highest BCUT2D eigenvalue weighted by Crippen LogP contribution is 2.38. The van der Waals surface area contributed by atoms with E-state index in [0.717, 1.165) is 32.9 Å². The summed E-state index contributed by atoms with van der Waals surface area (Å²) in [5.41, 5.74) is 6.16. The van der Waals surface area contributed by atoms with Gasteiger partial charge in [0.05, 0.1) is 21.8 Å². The number of anilines is 1. The Morgan fingerprint density at radius 3 is 2.46 bits per heavy atom. The highest BCUT2D eigenvalue weighted by molar-refractivity contribution is 7.21. The van der Waals surface area contributed by atoms with Gasteiger partial charge in [0.25, 0.3) is 0 Å². The molecule has 0 unspecified atom stereocenters. The quantitative estimate of drug-likeness (QED) is 0.206. The standard InChI is InChI=1S/C30H26ClFN2O2S/c1-3-35-27-16-21(15-25(31)29(27)36-18-20-5-9-23(32)10-6-20)17-33-24-11-7-22(8-12-24)30-34-26-13-4-19(2)14-28(26)37-30/h4-16,33H,3,17-18H2,1-2H3. The number of aromatic nitrogens is 1. The minimum absolute atomic E-state index is 0.262. The molecule has 0 aliphatic rings. The maximum atomic E-state index is 13.2. The Kier molecular flexibility index (Phi) is 7.58. The van der Waals surface area contributed by atoms with Gasteiger partial charge in [-0.15, -0.1) is 11.3 Å². The lowest BCUT2D eigenvalue weighted by atomic mass is 10.1. The third-order valence-corrected chi connectivity index (χ3v) is 7.19. The second-order valence-corrected chi connectivity index (χ2v) is 10.1. The van der Waals surface area contributed by atoms with E-state index in [2.05, 4.69) is 54.7 Å². The van der Waals surface area contributed by atoms with E-state index in [1.165, 1.54) is 22.4 Å². The fourth-order valence-electron chi connectivity index (χ4n) is 3.95. The second kappa shape index (κ2) is 11.2. The summed E-state index contributed by atoms with van der Waals surface area (Å²) in [5.74, 6) is 0.775. The van der Waals surface area contributed by atoms with Gasteiger partial charge in [0.1, 0.15) is 17.4 Å². The lowest BCUT2D eigenvalue weighted by Crippen LogP contribution is -2.04. The van der Waals surface area contributed by atoms with Gasteiger partial charge < -0.3 is 14.8 Å². The van der Waals surface area contributed by atoms with E-state index in [4.69, 9.17) is 26.1 Å². The first-order chi connectivity index (χ1) is 18.0. The Morgan fingerprint density at radius 1 is 0.919 bits per heavy atom. The van der Waals surface area contributed by atoms with Gasteiger partial charge in [-0.05, 0) is 91.2 Å². The van der Waals surface area contributed by atoms with E-state index in [1.54, 1.807) is 23.5 Å². The Labute approximate surface area is 224 Å². The van der Waals surface area contributed by atoms with Crippen molar-refractivity contribution in [3.8, 4) is 22.1 Å². The molecule has 0 saturated carbocycles. The number of hydrogen-bond acceptors (Lipinski definition) is 5. The van der Waals surface area contributed by atoms with Crippen molar-refractivity contribution in [3.63, 3.8) is 0 Å². The molecule has 0 atom stereocenters. The van der Waals surface area contributed by atoms with E-state index in [9.17, 15) is 4.39 Å². The number of halogens is 2. The zero-order valence-corrected chi connectivity index (χ0v) is 22.1. The van der Waals surface area contributed by atoms with E-state index >= 15 is 0 Å². The summed E-state index contributed by atoms with van der Waals surface area (Å²) >= 11 is 8.28. The summed E-state index contributed by atoms with van der Waals surface area (Å²) in [7, 11) is 0. The molecule has 5 aromatic rings. The molecule has 0 spiro atoms. The molecule has 188 valence electrons. The van der Waals surface area contributed by atoms with Gasteiger partial charge >= 0.3 is 0 Å². The molecular weight excluding hydrogens is 507 g/mol. The summed E-state index contributed by atoms with van der Waals surface area (Å²) < 4.78 is 26.1. The van der Waals surface area contributed by atoms with Crippen LogP contribution in [0.1, 0.15) is 23.6 Å². The molecule has 0 aliphatic heterocycles. The van der Waals surface area contributed by atoms with Gasteiger partial charge in [-0.3, -0.25) is 0 Å². The molecule has 0 saturated heterocycles. The van der Waals surface area contributed by atoms with Crippen LogP contribution in [0.15, 0.2) is 78.9 Å². The number of hydrogen-bond donors (Lipinski definition) is 1. The number of nitrogens with zero attached hydrogens (tertiary/aromatic N) is 1. The van der Waals surface area contributed by atoms with Crippen LogP contribution in [-0.2, 0) is 13.2 Å². The number of fused-ring (bicyclic) bond motifs is 1. The highest BCUT2D eigenvalue weighted by atomic mass is 35.5. The monoisotopic (exact) mass is 532 g/mol. The van der Waals surface area contributed by atoms with E-state index < -0.39 is 0 Å². The van der Waals surface area contributed by atoms with Crippen LogP contribution < -0.4 is 14.8 Å². The third kappa shape index (κ3) is 6.04. The Balaban J connectivity index is 1.26. The van der Waals surface area contributed by atoms with Gasteiger partial charge in [0, 0.05) is 17.8 Å². The lowest BCUT2D eigenvalue weighted by molar-refractivity contribution is 0.269. The van der Waals surface area contributed by atoms with E-state index in [-0.39, 0.29) is 12.4 Å². The first kappa shape index (κ1) is 25.1. The van der Waals surface area contributed by atoms with Crippen LogP contribution in [-0.4, -0.2) is 11.6 Å². The Hall–Kier alpha value is -3.61. The van der Waals surface area contributed by atoms with Crippen molar-refractivity contribution in [3.05, 3.63) is 106 Å². The van der Waals surface area contributed by atoms with E-state index in [0.29, 0.717) is 29.7 Å². The van der Waals surface area contributed by atoms with Gasteiger partial charge in [-0.25, -0.2) is 9.37 Å². The third-order valence-electron chi connectivity index (χ3n) is 5.84. The molecule has 4 aromatic carbocycles. The summed E-state index contributed by atoms with van der Waals surface area (Å²) in [6.45, 7) is 5.32. The Morgan fingerprint density at radius 2 is 1.70 bits per heavy atom. The maximum Gasteiger partial charge on any atom is 0.180 e. The van der Waals surface area contributed by atoms with Crippen LogP contribution in [0.4, 0.5) is 10.1 Å². The second-order valence-electron chi connectivity index (χ2n) is 8.67. The number of aryl methyl sites for hydroxylation is 1. The van der Waals surface area contributed by atoms with Crippen molar-refractivity contribution in [2.24, 2.45) is 0 Å². The average molecular weight is 533 g/mol. The van der Waals surface area contributed by atoms with Crippen LogP contribution in [0, 0.1) is 12.7 Å². The normalized spacial score (nSPS) is 11.0. The maximum absolute atomic E-state index is 13.2. The molecule has 1 heterocycles. The zero-order valence-electron chi connectivity index (χ0n) is 20.6. The number of ether oxygens (including phenoxy) is 2. The van der Waals surface area contributed by atoms with Crippen LogP contribution in [0.3, 0.4) is 0 Å². The van der Waals surface area contributed by atoms with Crippen molar-refractivity contribution < 1.29 is 13.9 Å². The van der Waals surface area contributed by atoms with Crippen LogP contribution in [0.2, 0.25) is 5.02 Å². The first-order valence-electron chi connectivity index (χ1n) is 12.0. The predicted octanol–water partition coefficient (Wildman–Crippen LogP) is 8.65. The SMILES string of the molecule is CCOc1cc(CNc2ccc(-c3nc4ccc(C)cc4s3)cc2)cc(Cl)c1OCc1ccc(F)cc1. The first-order valence-corrected chi connectivity index (χ1v) is 13.2. The smallest absolute Gasteiger partial charge is 0.180 e. The summed E-state index contributed by atoms with van der Waals surface area (Å²) in [4.78, 5) is 4.77. The molecule has 0 bridgehead atoms. The number of nitrogens with one attached hydrogen (secondary N) is 1. The van der Waals surface area contributed by atoms with Crippen molar-refractivity contribution in [1.29, 1.82) is 0 Å². The molecule has 7 heteroatoms. The average Bonchev–Trinajstić information content (AvgIpc) is 3.32. The van der Waals surface area contributed by atoms with Crippen molar-refractivity contribution >= 4 is 38.8 Å². The highest BCUT2D eigenvalue weighted by Gasteiger charge is 2.14. The molecular formula is C30H26ClFN2O2S. The fraction of sp³-hybridized carbons (Fsp3) is 0.167. The topological polar surface area (TPSA) is 43.4 Å². The molecule has 1 aromatic heterocycles. The Bertz CT molecular complexity index is 1520. The number of rotatable bonds is 9. The van der Waals surface area contributed by atoms with Crippen LogP contribution in [0.5, 0.6) is 11.5 Å². The number of thiazole rings is 1. The fourth-order valence-corrected chi connectivity index (χ4v) is 5.31. The molecule has 0 aliphatic carbocycles. The molecule has 37 heavy (non-hydrogen) atoms. The van der Waals surface area contributed by atoms with Crippen molar-refractivity contribution in [2.45, 2.75) is 27.0 Å². The molecule has 1 N–H and O–H groups in total. The minimum Gasteiger partial charge on any atom is -0.490 e. The number of benzene rings is 4. The largest absolute Gasteiger partial charge is 0.490 e. The summed E-state index contributed by atoms with van der Waals surface area (Å²) in [6, 6.07) is 24.6. The molecule has 0 fully saturated rings. The summed E-state index contributed by atoms with van der Waals surface area (Å²) in [5, 5.41) is 4.92. The zero-order chi connectivity index (χ0) is 25.8. The lowest BCUT2D eigenvalue weighted by Gasteiger charge is -2.16. The predicted molar refractivity (Wildman–Crippen MR) is 150 cm³/mol.